The van der Waals surface area contributed by atoms with Crippen LogP contribution in [0.2, 0.25) is 10.0 Å². The number of halogens is 2. The Balaban J connectivity index is 1.97. The van der Waals surface area contributed by atoms with Crippen molar-refractivity contribution >= 4 is 46.4 Å². The van der Waals surface area contributed by atoms with Gasteiger partial charge in [-0.2, -0.15) is 0 Å². The summed E-state index contributed by atoms with van der Waals surface area (Å²) in [7, 11) is 1.56. The first-order valence-corrected chi connectivity index (χ1v) is 9.19. The van der Waals surface area contributed by atoms with E-state index in [0.29, 0.717) is 30.1 Å². The Kier molecular flexibility index (Phi) is 6.18. The number of nitrogens with one attached hydrogen (secondary N) is 1. The third-order valence-corrected chi connectivity index (χ3v) is 4.94. The summed E-state index contributed by atoms with van der Waals surface area (Å²) in [6.45, 7) is 0.377. The van der Waals surface area contributed by atoms with Crippen LogP contribution in [0.1, 0.15) is 28.4 Å². The van der Waals surface area contributed by atoms with Crippen molar-refractivity contribution in [2.75, 3.05) is 19.0 Å². The first-order valence-electron chi connectivity index (χ1n) is 8.43. The molecule has 146 valence electrons. The molecule has 0 spiro atoms. The van der Waals surface area contributed by atoms with Crippen molar-refractivity contribution in [3.8, 4) is 0 Å². The minimum atomic E-state index is -0.570. The Bertz CT molecular complexity index is 1010. The zero-order chi connectivity index (χ0) is 20.3. The van der Waals surface area contributed by atoms with E-state index in [2.05, 4.69) is 10.3 Å². The molecule has 1 aromatic carbocycles. The molecule has 1 atom stereocenters. The lowest BCUT2D eigenvalue weighted by molar-refractivity contribution is -0.119. The minimum absolute atomic E-state index is 0.176. The molecule has 0 bridgehead atoms. The monoisotopic (exact) mass is 420 g/mol. The van der Waals surface area contributed by atoms with Crippen molar-refractivity contribution in [3.05, 3.63) is 64.0 Å². The number of ether oxygens (including phenoxy) is 1. The van der Waals surface area contributed by atoms with Crippen molar-refractivity contribution in [1.29, 1.82) is 0 Å². The van der Waals surface area contributed by atoms with Crippen LogP contribution in [0.3, 0.4) is 0 Å². The fourth-order valence-electron chi connectivity index (χ4n) is 2.96. The van der Waals surface area contributed by atoms with Crippen molar-refractivity contribution in [2.24, 2.45) is 5.73 Å². The van der Waals surface area contributed by atoms with Crippen molar-refractivity contribution < 1.29 is 14.3 Å². The average molecular weight is 421 g/mol. The molecule has 0 aliphatic rings. The van der Waals surface area contributed by atoms with Gasteiger partial charge >= 0.3 is 0 Å². The minimum Gasteiger partial charge on any atom is -0.385 e. The highest BCUT2D eigenvalue weighted by atomic mass is 35.5. The number of anilines is 1. The molecule has 3 rings (SSSR count). The van der Waals surface area contributed by atoms with E-state index in [1.165, 1.54) is 0 Å². The highest BCUT2D eigenvalue weighted by molar-refractivity contribution is 6.40. The number of pyridine rings is 1. The SMILES string of the molecule is COCCC(C(N)=O)c1cnc2c(NC(=O)c3c(Cl)cccc3Cl)cccn12. The van der Waals surface area contributed by atoms with Crippen LogP contribution in [0.5, 0.6) is 0 Å². The fraction of sp³-hybridized carbons (Fsp3) is 0.211. The van der Waals surface area contributed by atoms with Crippen LogP contribution >= 0.6 is 23.2 Å². The lowest BCUT2D eigenvalue weighted by Crippen LogP contribution is -2.23. The van der Waals surface area contributed by atoms with E-state index in [1.54, 1.807) is 54.2 Å². The number of fused-ring (bicyclic) bond motifs is 1. The van der Waals surface area contributed by atoms with Gasteiger partial charge in [0.15, 0.2) is 5.65 Å². The number of methoxy groups -OCH3 is 1. The van der Waals surface area contributed by atoms with Crippen LogP contribution in [-0.2, 0) is 9.53 Å². The number of benzene rings is 1. The van der Waals surface area contributed by atoms with Gasteiger partial charge in [-0.05, 0) is 30.7 Å². The number of nitrogens with two attached hydrogens (primary N) is 1. The number of carbonyl (C=O) groups is 2. The largest absolute Gasteiger partial charge is 0.385 e. The lowest BCUT2D eigenvalue weighted by Gasteiger charge is -2.14. The molecule has 7 nitrogen and oxygen atoms in total. The van der Waals surface area contributed by atoms with Crippen LogP contribution in [0.4, 0.5) is 5.69 Å². The van der Waals surface area contributed by atoms with Crippen molar-refractivity contribution in [3.63, 3.8) is 0 Å². The number of aromatic nitrogens is 2. The molecular formula is C19H18Cl2N4O3. The highest BCUT2D eigenvalue weighted by Gasteiger charge is 2.23. The topological polar surface area (TPSA) is 98.7 Å². The van der Waals surface area contributed by atoms with Crippen molar-refractivity contribution in [1.82, 2.24) is 9.38 Å². The molecule has 0 saturated heterocycles. The zero-order valence-electron chi connectivity index (χ0n) is 15.0. The number of rotatable bonds is 7. The van der Waals surface area contributed by atoms with Gasteiger partial charge in [0.05, 0.1) is 39.1 Å². The van der Waals surface area contributed by atoms with Crippen LogP contribution in [0.25, 0.3) is 5.65 Å². The summed E-state index contributed by atoms with van der Waals surface area (Å²) < 4.78 is 6.78. The maximum absolute atomic E-state index is 12.7. The molecule has 28 heavy (non-hydrogen) atoms. The number of primary amides is 1. The maximum atomic E-state index is 12.7. The Morgan fingerprint density at radius 2 is 1.96 bits per heavy atom. The predicted molar refractivity (Wildman–Crippen MR) is 108 cm³/mol. The van der Waals surface area contributed by atoms with E-state index < -0.39 is 17.7 Å². The second-order valence-electron chi connectivity index (χ2n) is 6.09. The first-order chi connectivity index (χ1) is 13.4. The van der Waals surface area contributed by atoms with E-state index in [4.69, 9.17) is 33.7 Å². The summed E-state index contributed by atoms with van der Waals surface area (Å²) in [4.78, 5) is 28.9. The van der Waals surface area contributed by atoms with Crippen molar-refractivity contribution in [2.45, 2.75) is 12.3 Å². The van der Waals surface area contributed by atoms with Gasteiger partial charge in [0.1, 0.15) is 0 Å². The van der Waals surface area contributed by atoms with Gasteiger partial charge in [0, 0.05) is 19.9 Å². The summed E-state index contributed by atoms with van der Waals surface area (Å²) in [5.41, 5.74) is 7.26. The molecule has 1 unspecified atom stereocenters. The second kappa shape index (κ2) is 8.60. The molecule has 2 heterocycles. The molecular weight excluding hydrogens is 403 g/mol. The van der Waals surface area contributed by atoms with E-state index in [1.807, 2.05) is 0 Å². The number of nitrogens with zero attached hydrogens (tertiary/aromatic N) is 2. The number of hydrogen-bond acceptors (Lipinski definition) is 4. The molecule has 0 radical (unpaired) electrons. The highest BCUT2D eigenvalue weighted by Crippen LogP contribution is 2.28. The second-order valence-corrected chi connectivity index (χ2v) is 6.90. The summed E-state index contributed by atoms with van der Waals surface area (Å²) in [6.07, 6.45) is 3.74. The zero-order valence-corrected chi connectivity index (χ0v) is 16.5. The quantitative estimate of drug-likeness (QED) is 0.610. The third kappa shape index (κ3) is 3.96. The summed E-state index contributed by atoms with van der Waals surface area (Å²) >= 11 is 12.2. The number of amides is 2. The molecule has 3 N–H and O–H groups in total. The van der Waals surface area contributed by atoms with Crippen LogP contribution in [0.15, 0.2) is 42.7 Å². The average Bonchev–Trinajstić information content (AvgIpc) is 3.07. The number of hydrogen-bond donors (Lipinski definition) is 2. The molecule has 2 aromatic heterocycles. The Labute approximate surface area is 171 Å². The Morgan fingerprint density at radius 3 is 2.61 bits per heavy atom. The van der Waals surface area contributed by atoms with Gasteiger partial charge in [0.2, 0.25) is 5.91 Å². The van der Waals surface area contributed by atoms with Crippen LogP contribution < -0.4 is 11.1 Å². The predicted octanol–water partition coefficient (Wildman–Crippen LogP) is 3.50. The normalized spacial score (nSPS) is 12.1. The van der Waals surface area contributed by atoms with Gasteiger partial charge in [-0.3, -0.25) is 9.59 Å². The standard InChI is InChI=1S/C19H18Cl2N4O3/c1-28-9-7-11(17(22)26)15-10-23-18-14(6-3-8-25(15)18)24-19(27)16-12(20)4-2-5-13(16)21/h2-6,8,10-11H,7,9H2,1H3,(H2,22,26)(H,24,27). The molecule has 2 amide bonds. The third-order valence-electron chi connectivity index (χ3n) is 4.31. The van der Waals surface area contributed by atoms with E-state index >= 15 is 0 Å². The molecule has 0 aliphatic carbocycles. The van der Waals surface area contributed by atoms with Gasteiger partial charge in [-0.25, -0.2) is 4.98 Å². The summed E-state index contributed by atoms with van der Waals surface area (Å²) in [5, 5.41) is 3.27. The van der Waals surface area contributed by atoms with Crippen LogP contribution in [0, 0.1) is 0 Å². The number of carbonyl (C=O) groups excluding carboxylic acids is 2. The molecule has 0 saturated carbocycles. The smallest absolute Gasteiger partial charge is 0.258 e. The lowest BCUT2D eigenvalue weighted by atomic mass is 10.0. The van der Waals surface area contributed by atoms with Crippen LogP contribution in [-0.4, -0.2) is 34.9 Å². The van der Waals surface area contributed by atoms with Gasteiger partial charge in [-0.15, -0.1) is 0 Å². The first kappa shape index (κ1) is 20.1. The molecule has 0 aliphatic heterocycles. The van der Waals surface area contributed by atoms with E-state index in [0.717, 1.165) is 0 Å². The Hall–Kier alpha value is -2.61. The molecule has 0 fully saturated rings. The van der Waals surface area contributed by atoms with E-state index in [9.17, 15) is 9.59 Å². The van der Waals surface area contributed by atoms with E-state index in [-0.39, 0.29) is 15.6 Å². The van der Waals surface area contributed by atoms with Gasteiger partial charge in [-0.1, -0.05) is 29.3 Å². The van der Waals surface area contributed by atoms with Gasteiger partial charge in [0.25, 0.3) is 5.91 Å². The molecule has 3 aromatic rings. The number of imidazole rings is 1. The Morgan fingerprint density at radius 1 is 1.25 bits per heavy atom. The van der Waals surface area contributed by atoms with Gasteiger partial charge < -0.3 is 20.2 Å². The summed E-state index contributed by atoms with van der Waals surface area (Å²) in [6, 6.07) is 8.26. The molecule has 9 heteroatoms. The summed E-state index contributed by atoms with van der Waals surface area (Å²) in [5.74, 6) is -1.51. The fourth-order valence-corrected chi connectivity index (χ4v) is 3.53. The maximum Gasteiger partial charge on any atom is 0.258 e.